The average molecular weight is 828 g/mol. The summed E-state index contributed by atoms with van der Waals surface area (Å²) in [7, 11) is 1.01. The first-order chi connectivity index (χ1) is 27.3. The second-order valence-corrected chi connectivity index (χ2v) is 15.6. The van der Waals surface area contributed by atoms with Crippen molar-refractivity contribution in [3.8, 4) is 11.5 Å². The molecular formula is C42H53NO16. The molecule has 0 unspecified atom stereocenters. The number of aliphatic hydroxyl groups excluding tert-OH is 3. The fourth-order valence-electron chi connectivity index (χ4n) is 7.66. The van der Waals surface area contributed by atoms with Crippen molar-refractivity contribution in [1.82, 2.24) is 0 Å². The van der Waals surface area contributed by atoms with E-state index in [1.807, 2.05) is 0 Å². The molecule has 1 aromatic rings. The lowest BCUT2D eigenvalue weighted by Gasteiger charge is -2.41. The van der Waals surface area contributed by atoms with E-state index in [-0.39, 0.29) is 61.9 Å². The van der Waals surface area contributed by atoms with Gasteiger partial charge in [-0.25, -0.2) is 0 Å². The zero-order chi connectivity index (χ0) is 44.6. The van der Waals surface area contributed by atoms with Crippen LogP contribution in [0.3, 0.4) is 0 Å². The number of carbonyl (C=O) groups is 5. The van der Waals surface area contributed by atoms with E-state index in [4.69, 9.17) is 23.7 Å². The topological polar surface area (TPSA) is 265 Å². The lowest BCUT2D eigenvalue weighted by atomic mass is 9.74. The Balaban J connectivity index is 2.12. The highest BCUT2D eigenvalue weighted by molar-refractivity contribution is 6.21. The minimum Gasteiger partial charge on any atom is -0.505 e. The Morgan fingerprint density at radius 2 is 1.46 bits per heavy atom. The van der Waals surface area contributed by atoms with E-state index in [1.165, 1.54) is 73.6 Å². The van der Waals surface area contributed by atoms with Crippen molar-refractivity contribution < 1.29 is 78.3 Å². The van der Waals surface area contributed by atoms with Crippen molar-refractivity contribution in [2.75, 3.05) is 19.2 Å². The van der Waals surface area contributed by atoms with Crippen LogP contribution in [0.1, 0.15) is 83.8 Å². The van der Waals surface area contributed by atoms with E-state index in [2.05, 4.69) is 5.32 Å². The van der Waals surface area contributed by atoms with Crippen LogP contribution in [0.15, 0.2) is 52.5 Å². The van der Waals surface area contributed by atoms with Gasteiger partial charge in [0, 0.05) is 48.0 Å². The maximum absolute atomic E-state index is 14.0. The summed E-state index contributed by atoms with van der Waals surface area (Å²) < 4.78 is 27.9. The van der Waals surface area contributed by atoms with Crippen LogP contribution in [0, 0.1) is 24.7 Å². The molecule has 0 radical (unpaired) electrons. The molecule has 0 aromatic heterocycles. The molecule has 0 spiro atoms. The van der Waals surface area contributed by atoms with Crippen LogP contribution in [0.4, 0.5) is 5.69 Å². The highest BCUT2D eigenvalue weighted by atomic mass is 16.7. The van der Waals surface area contributed by atoms with Gasteiger partial charge in [0.25, 0.3) is 5.91 Å². The van der Waals surface area contributed by atoms with Crippen LogP contribution < -0.4 is 10.1 Å². The zero-order valence-corrected chi connectivity index (χ0v) is 34.8. The first kappa shape index (κ1) is 46.4. The Morgan fingerprint density at radius 1 is 0.864 bits per heavy atom. The fourth-order valence-corrected chi connectivity index (χ4v) is 7.66. The lowest BCUT2D eigenvalue weighted by Crippen LogP contribution is -2.55. The van der Waals surface area contributed by atoms with Crippen LogP contribution in [-0.4, -0.2) is 110 Å². The number of amides is 1. The number of nitrogens with one attached hydrogen (secondary N) is 1. The van der Waals surface area contributed by atoms with Crippen LogP contribution in [0.25, 0.3) is 5.57 Å². The summed E-state index contributed by atoms with van der Waals surface area (Å²) in [6.45, 7) is 12.5. The molecule has 17 nitrogen and oxygen atoms in total. The number of ether oxygens (including phenoxy) is 5. The first-order valence-electron chi connectivity index (χ1n) is 18.8. The maximum Gasteiger partial charge on any atom is 0.315 e. The highest BCUT2D eigenvalue weighted by Crippen LogP contribution is 2.53. The number of methoxy groups -OCH3 is 1. The van der Waals surface area contributed by atoms with E-state index in [0.717, 1.165) is 27.0 Å². The van der Waals surface area contributed by atoms with Crippen molar-refractivity contribution in [3.05, 3.63) is 69.2 Å². The number of anilines is 1. The zero-order valence-electron chi connectivity index (χ0n) is 34.8. The lowest BCUT2D eigenvalue weighted by molar-refractivity contribution is -0.183. The van der Waals surface area contributed by atoms with Gasteiger partial charge in [-0.15, -0.1) is 0 Å². The van der Waals surface area contributed by atoms with Crippen LogP contribution in [0.2, 0.25) is 0 Å². The maximum atomic E-state index is 14.0. The molecule has 3 aliphatic heterocycles. The third-order valence-electron chi connectivity index (χ3n) is 10.9. The van der Waals surface area contributed by atoms with Crippen LogP contribution in [0.5, 0.6) is 11.5 Å². The van der Waals surface area contributed by atoms with Crippen molar-refractivity contribution in [2.24, 2.45) is 17.8 Å². The number of phenols is 1. The summed E-state index contributed by atoms with van der Waals surface area (Å²) in [4.78, 5) is 66.1. The summed E-state index contributed by atoms with van der Waals surface area (Å²) >= 11 is 0. The predicted octanol–water partition coefficient (Wildman–Crippen LogP) is 2.79. The Kier molecular flexibility index (Phi) is 13.7. The summed E-state index contributed by atoms with van der Waals surface area (Å²) in [6.07, 6.45) is -2.49. The molecule has 7 N–H and O–H groups in total. The predicted molar refractivity (Wildman–Crippen MR) is 209 cm³/mol. The second kappa shape index (κ2) is 17.5. The third kappa shape index (κ3) is 8.99. The van der Waals surface area contributed by atoms with Gasteiger partial charge in [-0.05, 0) is 53.2 Å². The molecule has 9 atom stereocenters. The summed E-state index contributed by atoms with van der Waals surface area (Å²) in [5.74, 6) is -9.89. The number of phenolic OH excluding ortho intramolecular Hbond substituents is 1. The van der Waals surface area contributed by atoms with Crippen molar-refractivity contribution in [2.45, 2.75) is 105 Å². The number of benzene rings is 1. The average Bonchev–Trinajstić information content (AvgIpc) is 3.16. The van der Waals surface area contributed by atoms with Gasteiger partial charge < -0.3 is 59.6 Å². The molecule has 0 fully saturated rings. The minimum absolute atomic E-state index is 0.00133. The van der Waals surface area contributed by atoms with Crippen molar-refractivity contribution in [3.63, 3.8) is 0 Å². The highest BCUT2D eigenvalue weighted by Gasteiger charge is 2.50. The molecule has 1 aliphatic carbocycles. The van der Waals surface area contributed by atoms with E-state index in [1.54, 1.807) is 0 Å². The number of Topliss-reactive ketones (excluding diaryl/α,β-unsaturated/α-hetero) is 1. The number of fused-ring (bicyclic) bond motifs is 14. The minimum atomic E-state index is -2.26. The Hall–Kier alpha value is -5.33. The van der Waals surface area contributed by atoms with E-state index in [0.29, 0.717) is 0 Å². The Bertz CT molecular complexity index is 2090. The van der Waals surface area contributed by atoms with Gasteiger partial charge in [0.05, 0.1) is 42.2 Å². The summed E-state index contributed by atoms with van der Waals surface area (Å²) in [6, 6.07) is 0. The largest absolute Gasteiger partial charge is 0.505 e. The molecule has 5 rings (SSSR count). The number of allylic oxidation sites excluding steroid dienone is 5. The van der Waals surface area contributed by atoms with E-state index < -0.39 is 95.5 Å². The standard InChI is InChI=1S/C42H53NO16/c1-17-13-12-14-41(9,53)37(49)21(5)31(47)28(40(52)55-11)36(59-24(8)45)22(6)38(50)42(10,54)15-18(2)33-27-25-26(30(46)20(4)34(27)57-16-56-33)32(48)29(43-39(17)51)19(3)35(25)58-23(7)44/h12-15,21-22,28,31,36-38,47-50,53-54H,16H2,1-11H3,(H,43,51)/b14-12-,17-13-,18-15+/t21-,22-,28+,31+,36+,37-,38+,41-,42+/m0/s1. The monoisotopic (exact) mass is 827 g/mol. The van der Waals surface area contributed by atoms with E-state index in [9.17, 15) is 54.6 Å². The van der Waals surface area contributed by atoms with Gasteiger partial charge >= 0.3 is 17.9 Å². The van der Waals surface area contributed by atoms with Gasteiger partial charge in [-0.2, -0.15) is 0 Å². The molecule has 322 valence electrons. The van der Waals surface area contributed by atoms with Crippen LogP contribution >= 0.6 is 0 Å². The number of hydrogen-bond donors (Lipinski definition) is 7. The smallest absolute Gasteiger partial charge is 0.315 e. The second-order valence-electron chi connectivity index (χ2n) is 15.6. The molecule has 4 bridgehead atoms. The fraction of sp³-hybridized carbons (Fsp3) is 0.500. The molecule has 17 heteroatoms. The first-order valence-corrected chi connectivity index (χ1v) is 18.8. The number of carbonyl (C=O) groups excluding carboxylic acids is 5. The molecule has 1 aromatic carbocycles. The van der Waals surface area contributed by atoms with E-state index >= 15 is 0 Å². The normalized spacial score (nSPS) is 33.0. The number of rotatable bonds is 3. The SMILES string of the molecule is COC(=O)[C@@H]1[C@H](O)[C@H](C)[C@H](O)[C@@](C)(O)/C=C\C=C(\C)C(=O)Nc2c(C)c(OC(C)=O)c3c(c2O)C(=O)C(C)=C2OCOC(=C23)/C(C)=C/[C@@](C)(O)[C@H](O)[C@@H](C)[C@H]1OC(C)=O. The van der Waals surface area contributed by atoms with Crippen LogP contribution in [-0.2, 0) is 38.1 Å². The third-order valence-corrected chi connectivity index (χ3v) is 10.9. The molecule has 3 heterocycles. The van der Waals surface area contributed by atoms with Crippen molar-refractivity contribution >= 4 is 40.9 Å². The molecule has 0 saturated heterocycles. The summed E-state index contributed by atoms with van der Waals surface area (Å²) in [5.41, 5.74) is -5.03. The van der Waals surface area contributed by atoms with Gasteiger partial charge in [0.1, 0.15) is 40.5 Å². The number of ketones is 1. The van der Waals surface area contributed by atoms with Crippen molar-refractivity contribution in [1.29, 1.82) is 0 Å². The number of esters is 3. The molecular weight excluding hydrogens is 774 g/mol. The quantitative estimate of drug-likeness (QED) is 0.131. The molecule has 0 saturated carbocycles. The molecule has 1 amide bonds. The Labute approximate surface area is 341 Å². The molecule has 4 aliphatic rings. The number of aromatic hydroxyl groups is 1. The Morgan fingerprint density at radius 3 is 2.03 bits per heavy atom. The number of hydrogen-bond acceptors (Lipinski definition) is 16. The van der Waals surface area contributed by atoms with Gasteiger partial charge in [0.2, 0.25) is 6.79 Å². The van der Waals surface area contributed by atoms with Gasteiger partial charge in [-0.1, -0.05) is 32.1 Å². The van der Waals surface area contributed by atoms with Gasteiger partial charge in [0.15, 0.2) is 11.5 Å². The molecule has 59 heavy (non-hydrogen) atoms. The summed E-state index contributed by atoms with van der Waals surface area (Å²) in [5, 5.41) is 72.5. The van der Waals surface area contributed by atoms with Gasteiger partial charge in [-0.3, -0.25) is 24.0 Å². The number of aliphatic hydroxyl groups is 5.